The minimum atomic E-state index is -2.55. The van der Waals surface area contributed by atoms with Gasteiger partial charge in [-0.15, -0.1) is 12.4 Å². The summed E-state index contributed by atoms with van der Waals surface area (Å²) in [5, 5.41) is 20.8. The van der Waals surface area contributed by atoms with E-state index in [2.05, 4.69) is 71.0 Å². The summed E-state index contributed by atoms with van der Waals surface area (Å²) in [6.45, 7) is 11.6. The average Bonchev–Trinajstić information content (AvgIpc) is 4.18. The van der Waals surface area contributed by atoms with Crippen LogP contribution in [0.3, 0.4) is 0 Å². The molecule has 8 aromatic rings. The standard InChI is InChI=1S/C24H26F2N8O2.C16H17F2N7.C7H9ClN2O2.ClH/c1-24(2,3)22-30-21(33-36-22)17(35)8-7-14-5-6-15(11-16(14)12-18(25)26)20-27-13-28-23(31-20)29-19-9-10-34(4)32-19;1-25-5-4-14(24-25)22-16-21-9-20-15(23-16)10-2-3-11(8-19)12(6-10)7-13(17)18;1-7(2,3)6-9-5(4(8)11)10-12-6;/h5-6,9-11,13,18H,7-8,12H2,1-4H3,(H,27,28,29,31,32);2-6,9,13H,7-8,19H2,1H3,(H,20,21,22,23,24);1-3H3;1H. The summed E-state index contributed by atoms with van der Waals surface area (Å²) in [6, 6.07) is 13.7. The highest BCUT2D eigenvalue weighted by atomic mass is 35.5. The Bertz CT molecular complexity index is 3130. The number of nitrogens with two attached hydrogens (primary N) is 1. The minimum Gasteiger partial charge on any atom is -0.338 e. The van der Waals surface area contributed by atoms with Crippen molar-refractivity contribution in [3.8, 4) is 22.8 Å². The number of aryl methyl sites for hydroxylation is 3. The molecule has 0 fully saturated rings. The second-order valence-electron chi connectivity index (χ2n) is 18.2. The van der Waals surface area contributed by atoms with Crippen LogP contribution < -0.4 is 16.4 Å². The van der Waals surface area contributed by atoms with Gasteiger partial charge < -0.3 is 25.4 Å². The molecule has 0 aliphatic carbocycles. The molecule has 392 valence electrons. The van der Waals surface area contributed by atoms with Crippen LogP contribution in [0.4, 0.5) is 41.1 Å². The fraction of sp³-hybridized carbons (Fsp3) is 0.362. The number of nitrogens with zero attached hydrogens (tertiary/aromatic N) is 14. The van der Waals surface area contributed by atoms with Gasteiger partial charge in [0, 0.05) is 86.4 Å². The summed E-state index contributed by atoms with van der Waals surface area (Å²) in [5.74, 6) is 2.82. The molecule has 8 rings (SSSR count). The summed E-state index contributed by atoms with van der Waals surface area (Å²) in [4.78, 5) is 56.3. The number of ketones is 1. The van der Waals surface area contributed by atoms with Crippen molar-refractivity contribution in [2.24, 2.45) is 19.8 Å². The maximum Gasteiger partial charge on any atom is 0.293 e. The fourth-order valence-corrected chi connectivity index (χ4v) is 6.56. The summed E-state index contributed by atoms with van der Waals surface area (Å²) < 4.78 is 65.6. The molecule has 74 heavy (non-hydrogen) atoms. The van der Waals surface area contributed by atoms with E-state index in [0.717, 1.165) is 0 Å². The minimum absolute atomic E-state index is 0. The third-order valence-corrected chi connectivity index (χ3v) is 10.3. The van der Waals surface area contributed by atoms with Crippen LogP contribution in [-0.4, -0.2) is 93.6 Å². The monoisotopic (exact) mass is 1070 g/mol. The Kier molecular flexibility index (Phi) is 19.6. The van der Waals surface area contributed by atoms with E-state index in [-0.39, 0.29) is 72.4 Å². The number of carbonyl (C=O) groups is 2. The molecule has 0 saturated heterocycles. The molecule has 4 N–H and O–H groups in total. The number of Topliss-reactive ketones (excluding diaryl/α,β-unsaturated/α-hetero) is 1. The lowest BCUT2D eigenvalue weighted by Gasteiger charge is -2.11. The van der Waals surface area contributed by atoms with Crippen LogP contribution in [0.2, 0.25) is 0 Å². The highest BCUT2D eigenvalue weighted by Gasteiger charge is 2.25. The molecule has 0 unspecified atom stereocenters. The summed E-state index contributed by atoms with van der Waals surface area (Å²) in [6.07, 6.45) is 0.747. The maximum absolute atomic E-state index is 13.4. The lowest BCUT2D eigenvalue weighted by atomic mass is 9.96. The van der Waals surface area contributed by atoms with E-state index in [4.69, 9.17) is 26.4 Å². The molecule has 0 aliphatic heterocycles. The van der Waals surface area contributed by atoms with E-state index in [1.165, 1.54) is 12.7 Å². The average molecular weight is 1070 g/mol. The number of anilines is 4. The second-order valence-corrected chi connectivity index (χ2v) is 18.5. The largest absolute Gasteiger partial charge is 0.338 e. The molecule has 0 atom stereocenters. The van der Waals surface area contributed by atoms with Crippen LogP contribution in [0.1, 0.15) is 103 Å². The van der Waals surface area contributed by atoms with Gasteiger partial charge in [-0.2, -0.15) is 30.1 Å². The first kappa shape index (κ1) is 57.3. The summed E-state index contributed by atoms with van der Waals surface area (Å²) in [5.41, 5.74) is 8.40. The Balaban J connectivity index is 0.000000230. The first-order chi connectivity index (χ1) is 34.5. The van der Waals surface area contributed by atoms with Gasteiger partial charge in [0.1, 0.15) is 12.7 Å². The van der Waals surface area contributed by atoms with Crippen molar-refractivity contribution in [3.05, 3.63) is 119 Å². The number of rotatable bonds is 16. The number of halogens is 6. The van der Waals surface area contributed by atoms with E-state index < -0.39 is 24.5 Å². The van der Waals surface area contributed by atoms with E-state index in [1.807, 2.05) is 41.5 Å². The SMILES string of the molecule is CC(C)(C)c1nc(C(=O)Cl)no1.Cl.Cn1ccc(Nc2ncnc(-c3ccc(CCC(=O)c4noc(C(C)(C)C)n4)c(CC(F)F)c3)n2)n1.Cn1ccc(Nc2ncnc(-c3ccc(CN)c(CC(F)F)c3)n2)n1. The molecule has 0 bridgehead atoms. The second kappa shape index (κ2) is 25.3. The molecular formula is C47H53Cl2F4N17O4. The molecule has 0 radical (unpaired) electrons. The summed E-state index contributed by atoms with van der Waals surface area (Å²) >= 11 is 5.14. The van der Waals surface area contributed by atoms with E-state index in [9.17, 15) is 27.2 Å². The number of hydrogen-bond acceptors (Lipinski definition) is 19. The molecule has 6 aromatic heterocycles. The first-order valence-corrected chi connectivity index (χ1v) is 22.8. The van der Waals surface area contributed by atoms with E-state index in [0.29, 0.717) is 74.4 Å². The Hall–Kier alpha value is -7.64. The molecule has 6 heterocycles. The van der Waals surface area contributed by atoms with Crippen LogP contribution in [0.25, 0.3) is 22.8 Å². The normalized spacial score (nSPS) is 11.4. The van der Waals surface area contributed by atoms with Gasteiger partial charge >= 0.3 is 0 Å². The van der Waals surface area contributed by atoms with Gasteiger partial charge in [0.15, 0.2) is 23.3 Å². The number of nitrogens with one attached hydrogen (secondary N) is 2. The van der Waals surface area contributed by atoms with Crippen LogP contribution in [0, 0.1) is 0 Å². The molecule has 0 aliphatic rings. The zero-order valence-electron chi connectivity index (χ0n) is 41.4. The molecule has 2 aromatic carbocycles. The van der Waals surface area contributed by atoms with E-state index >= 15 is 0 Å². The quantitative estimate of drug-likeness (QED) is 0.0463. The van der Waals surface area contributed by atoms with Crippen molar-refractivity contribution >= 4 is 58.6 Å². The van der Waals surface area contributed by atoms with Crippen molar-refractivity contribution in [2.75, 3.05) is 10.6 Å². The van der Waals surface area contributed by atoms with Crippen molar-refractivity contribution in [1.82, 2.24) is 69.7 Å². The predicted octanol–water partition coefficient (Wildman–Crippen LogP) is 8.77. The molecule has 0 spiro atoms. The molecule has 21 nitrogen and oxygen atoms in total. The van der Waals surface area contributed by atoms with Crippen LogP contribution in [-0.2, 0) is 50.7 Å². The smallest absolute Gasteiger partial charge is 0.293 e. The van der Waals surface area contributed by atoms with Gasteiger partial charge in [-0.05, 0) is 52.4 Å². The third kappa shape index (κ3) is 16.4. The van der Waals surface area contributed by atoms with Crippen LogP contribution >= 0.6 is 24.0 Å². The zero-order valence-corrected chi connectivity index (χ0v) is 43.0. The van der Waals surface area contributed by atoms with Crippen LogP contribution in [0.5, 0.6) is 0 Å². The number of carbonyl (C=O) groups excluding carboxylic acids is 2. The highest BCUT2D eigenvalue weighted by Crippen LogP contribution is 2.27. The predicted molar refractivity (Wildman–Crippen MR) is 267 cm³/mol. The fourth-order valence-electron chi connectivity index (χ4n) is 6.48. The Morgan fingerprint density at radius 2 is 1.09 bits per heavy atom. The van der Waals surface area contributed by atoms with Crippen molar-refractivity contribution < 1.29 is 36.2 Å². The van der Waals surface area contributed by atoms with Gasteiger partial charge in [0.25, 0.3) is 11.1 Å². The van der Waals surface area contributed by atoms with E-state index in [1.54, 1.807) is 84.4 Å². The molecule has 27 heteroatoms. The van der Waals surface area contributed by atoms with Gasteiger partial charge in [-0.25, -0.2) is 37.5 Å². The summed E-state index contributed by atoms with van der Waals surface area (Å²) in [7, 11) is 3.59. The number of hydrogen-bond donors (Lipinski definition) is 3. The van der Waals surface area contributed by atoms with Gasteiger partial charge in [-0.1, -0.05) is 76.1 Å². The highest BCUT2D eigenvalue weighted by molar-refractivity contribution is 6.67. The lowest BCUT2D eigenvalue weighted by Crippen LogP contribution is -2.12. The van der Waals surface area contributed by atoms with Crippen molar-refractivity contribution in [2.45, 2.75) is 97.5 Å². The van der Waals surface area contributed by atoms with Crippen molar-refractivity contribution in [3.63, 3.8) is 0 Å². The Morgan fingerprint density at radius 1 is 0.649 bits per heavy atom. The number of aromatic nitrogens is 14. The maximum atomic E-state index is 13.4. The molecule has 0 amide bonds. The first-order valence-electron chi connectivity index (χ1n) is 22.4. The van der Waals surface area contributed by atoms with Crippen molar-refractivity contribution in [1.29, 1.82) is 0 Å². The molecular weight excluding hydrogens is 1010 g/mol. The van der Waals surface area contributed by atoms with Gasteiger partial charge in [0.05, 0.1) is 0 Å². The third-order valence-electron chi connectivity index (χ3n) is 10.1. The Labute approximate surface area is 433 Å². The zero-order chi connectivity index (χ0) is 53.0. The van der Waals surface area contributed by atoms with Crippen LogP contribution in [0.15, 0.2) is 82.6 Å². The topological polar surface area (TPSA) is 275 Å². The molecule has 0 saturated carbocycles. The Morgan fingerprint density at radius 3 is 1.49 bits per heavy atom. The number of alkyl halides is 4. The lowest BCUT2D eigenvalue weighted by molar-refractivity contribution is 0.0969. The van der Waals surface area contributed by atoms with Gasteiger partial charge in [0.2, 0.25) is 48.1 Å². The van der Waals surface area contributed by atoms with Gasteiger partial charge in [-0.3, -0.25) is 19.0 Å². The number of benzene rings is 2.